The summed E-state index contributed by atoms with van der Waals surface area (Å²) in [6.07, 6.45) is 1.80. The summed E-state index contributed by atoms with van der Waals surface area (Å²) < 4.78 is 0. The molecule has 3 heteroatoms. The second-order valence-corrected chi connectivity index (χ2v) is 4.56. The van der Waals surface area contributed by atoms with Crippen molar-refractivity contribution in [2.45, 2.75) is 6.92 Å². The highest BCUT2D eigenvalue weighted by Crippen LogP contribution is 2.26. The minimum Gasteiger partial charge on any atom is -0.398 e. The molecule has 0 amide bonds. The Balaban J connectivity index is 1.99. The summed E-state index contributed by atoms with van der Waals surface area (Å²) in [5.74, 6) is 0. The summed E-state index contributed by atoms with van der Waals surface area (Å²) in [6, 6.07) is 16.0. The van der Waals surface area contributed by atoms with Crippen LogP contribution in [0.4, 0.5) is 17.1 Å². The summed E-state index contributed by atoms with van der Waals surface area (Å²) in [5.41, 5.74) is 10.8. The first kappa shape index (κ1) is 11.5. The molecule has 3 aromatic rings. The van der Waals surface area contributed by atoms with Crippen molar-refractivity contribution in [2.75, 3.05) is 11.1 Å². The van der Waals surface area contributed by atoms with Gasteiger partial charge in [0.15, 0.2) is 0 Å². The zero-order valence-electron chi connectivity index (χ0n) is 10.7. The smallest absolute Gasteiger partial charge is 0.0703 e. The molecule has 1 heterocycles. The predicted molar refractivity (Wildman–Crippen MR) is 80.6 cm³/mol. The van der Waals surface area contributed by atoms with Gasteiger partial charge >= 0.3 is 0 Å². The van der Waals surface area contributed by atoms with E-state index in [4.69, 9.17) is 5.73 Å². The summed E-state index contributed by atoms with van der Waals surface area (Å²) in [6.45, 7) is 2.01. The Morgan fingerprint density at radius 1 is 1.05 bits per heavy atom. The van der Waals surface area contributed by atoms with Crippen molar-refractivity contribution in [3.63, 3.8) is 0 Å². The van der Waals surface area contributed by atoms with Crippen LogP contribution < -0.4 is 11.1 Å². The van der Waals surface area contributed by atoms with Crippen molar-refractivity contribution in [1.29, 1.82) is 0 Å². The van der Waals surface area contributed by atoms with E-state index in [-0.39, 0.29) is 0 Å². The molecule has 3 nitrogen and oxygen atoms in total. The van der Waals surface area contributed by atoms with Crippen LogP contribution in [0.2, 0.25) is 0 Å². The lowest BCUT2D eigenvalue weighted by atomic mass is 10.1. The molecule has 0 unspecified atom stereocenters. The SMILES string of the molecule is Cc1c(N)cccc1Nc1ccc2ncccc2c1. The number of nitrogens with zero attached hydrogens (tertiary/aromatic N) is 1. The first-order chi connectivity index (χ1) is 9.24. The summed E-state index contributed by atoms with van der Waals surface area (Å²) in [5, 5.41) is 4.52. The Labute approximate surface area is 112 Å². The lowest BCUT2D eigenvalue weighted by Crippen LogP contribution is -1.96. The van der Waals surface area contributed by atoms with E-state index in [1.54, 1.807) is 6.20 Å². The van der Waals surface area contributed by atoms with Crippen LogP contribution in [0.3, 0.4) is 0 Å². The molecule has 3 rings (SSSR count). The normalized spacial score (nSPS) is 10.6. The number of fused-ring (bicyclic) bond motifs is 1. The topological polar surface area (TPSA) is 50.9 Å². The number of aromatic nitrogens is 1. The Morgan fingerprint density at radius 2 is 1.95 bits per heavy atom. The molecule has 0 saturated carbocycles. The zero-order valence-corrected chi connectivity index (χ0v) is 10.7. The Morgan fingerprint density at radius 3 is 2.84 bits per heavy atom. The zero-order chi connectivity index (χ0) is 13.2. The van der Waals surface area contributed by atoms with Gasteiger partial charge < -0.3 is 11.1 Å². The Kier molecular flexibility index (Phi) is 2.80. The molecule has 3 N–H and O–H groups in total. The van der Waals surface area contributed by atoms with Gasteiger partial charge in [-0.1, -0.05) is 12.1 Å². The molecule has 0 fully saturated rings. The molecule has 0 spiro atoms. The lowest BCUT2D eigenvalue weighted by Gasteiger charge is -2.11. The number of nitrogens with two attached hydrogens (primary N) is 1. The van der Waals surface area contributed by atoms with Crippen LogP contribution in [0.25, 0.3) is 10.9 Å². The Bertz CT molecular complexity index is 735. The number of benzene rings is 2. The molecule has 0 radical (unpaired) electrons. The molecule has 1 aromatic heterocycles. The van der Waals surface area contributed by atoms with Gasteiger partial charge in [-0.2, -0.15) is 0 Å². The second kappa shape index (κ2) is 4.61. The van der Waals surface area contributed by atoms with Crippen molar-refractivity contribution in [3.8, 4) is 0 Å². The fraction of sp³-hybridized carbons (Fsp3) is 0.0625. The second-order valence-electron chi connectivity index (χ2n) is 4.56. The third kappa shape index (κ3) is 2.22. The molecule has 2 aromatic carbocycles. The number of anilines is 3. The van der Waals surface area contributed by atoms with Crippen LogP contribution in [0.1, 0.15) is 5.56 Å². The van der Waals surface area contributed by atoms with Crippen molar-refractivity contribution >= 4 is 28.0 Å². The van der Waals surface area contributed by atoms with Crippen LogP contribution >= 0.6 is 0 Å². The largest absolute Gasteiger partial charge is 0.398 e. The van der Waals surface area contributed by atoms with Crippen LogP contribution in [-0.2, 0) is 0 Å². The molecule has 0 atom stereocenters. The maximum absolute atomic E-state index is 5.91. The fourth-order valence-electron chi connectivity index (χ4n) is 2.10. The molecule has 94 valence electrons. The summed E-state index contributed by atoms with van der Waals surface area (Å²) in [7, 11) is 0. The van der Waals surface area contributed by atoms with Crippen molar-refractivity contribution in [2.24, 2.45) is 0 Å². The molecule has 0 aliphatic carbocycles. The molecule has 0 aliphatic heterocycles. The highest BCUT2D eigenvalue weighted by atomic mass is 14.9. The average molecular weight is 249 g/mol. The number of hydrogen-bond acceptors (Lipinski definition) is 3. The minimum absolute atomic E-state index is 0.799. The minimum atomic E-state index is 0.799. The standard InChI is InChI=1S/C16H15N3/c1-11-14(17)5-2-6-15(11)19-13-7-8-16-12(10-13)4-3-9-18-16/h2-10,19H,17H2,1H3. The molecule has 0 saturated heterocycles. The number of rotatable bonds is 2. The van der Waals surface area contributed by atoms with Crippen LogP contribution in [0, 0.1) is 6.92 Å². The first-order valence-corrected chi connectivity index (χ1v) is 6.21. The van der Waals surface area contributed by atoms with Gasteiger partial charge in [-0.05, 0) is 48.9 Å². The molecule has 19 heavy (non-hydrogen) atoms. The van der Waals surface area contributed by atoms with Crippen LogP contribution in [0.5, 0.6) is 0 Å². The lowest BCUT2D eigenvalue weighted by molar-refractivity contribution is 1.40. The van der Waals surface area contributed by atoms with E-state index in [2.05, 4.69) is 22.4 Å². The maximum atomic E-state index is 5.91. The first-order valence-electron chi connectivity index (χ1n) is 6.21. The van der Waals surface area contributed by atoms with Gasteiger partial charge in [0.05, 0.1) is 5.52 Å². The van der Waals surface area contributed by atoms with Gasteiger partial charge in [-0.3, -0.25) is 4.98 Å². The number of nitrogens with one attached hydrogen (secondary N) is 1. The number of nitrogen functional groups attached to an aromatic ring is 1. The molecule has 0 aliphatic rings. The van der Waals surface area contributed by atoms with Gasteiger partial charge in [-0.15, -0.1) is 0 Å². The quantitative estimate of drug-likeness (QED) is 0.678. The maximum Gasteiger partial charge on any atom is 0.0703 e. The van der Waals surface area contributed by atoms with Crippen molar-refractivity contribution in [1.82, 2.24) is 4.98 Å². The fourth-order valence-corrected chi connectivity index (χ4v) is 2.10. The van der Waals surface area contributed by atoms with E-state index in [1.165, 1.54) is 0 Å². The predicted octanol–water partition coefficient (Wildman–Crippen LogP) is 3.87. The van der Waals surface area contributed by atoms with Gasteiger partial charge in [-0.25, -0.2) is 0 Å². The number of pyridine rings is 1. The van der Waals surface area contributed by atoms with Gasteiger partial charge in [0.1, 0.15) is 0 Å². The monoisotopic (exact) mass is 249 g/mol. The van der Waals surface area contributed by atoms with E-state index >= 15 is 0 Å². The third-order valence-corrected chi connectivity index (χ3v) is 3.26. The van der Waals surface area contributed by atoms with Crippen LogP contribution in [0.15, 0.2) is 54.7 Å². The van der Waals surface area contributed by atoms with E-state index in [9.17, 15) is 0 Å². The highest BCUT2D eigenvalue weighted by molar-refractivity contribution is 5.83. The van der Waals surface area contributed by atoms with Gasteiger partial charge in [0.25, 0.3) is 0 Å². The average Bonchev–Trinajstić information content (AvgIpc) is 2.44. The van der Waals surface area contributed by atoms with Crippen molar-refractivity contribution < 1.29 is 0 Å². The van der Waals surface area contributed by atoms with E-state index < -0.39 is 0 Å². The molecule has 0 bridgehead atoms. The Hall–Kier alpha value is -2.55. The summed E-state index contributed by atoms with van der Waals surface area (Å²) >= 11 is 0. The third-order valence-electron chi connectivity index (χ3n) is 3.26. The van der Waals surface area contributed by atoms with Crippen molar-refractivity contribution in [3.05, 3.63) is 60.3 Å². The van der Waals surface area contributed by atoms with Gasteiger partial charge in [0.2, 0.25) is 0 Å². The van der Waals surface area contributed by atoms with Gasteiger partial charge in [0, 0.05) is 28.6 Å². The molecular weight excluding hydrogens is 234 g/mol. The molecular formula is C16H15N3. The van der Waals surface area contributed by atoms with E-state index in [0.717, 1.165) is 33.5 Å². The highest BCUT2D eigenvalue weighted by Gasteiger charge is 2.02. The number of hydrogen-bond donors (Lipinski definition) is 2. The van der Waals surface area contributed by atoms with E-state index in [0.29, 0.717) is 0 Å². The summed E-state index contributed by atoms with van der Waals surface area (Å²) in [4.78, 5) is 4.31. The van der Waals surface area contributed by atoms with Crippen LogP contribution in [-0.4, -0.2) is 4.98 Å². The van der Waals surface area contributed by atoms with E-state index in [1.807, 2.05) is 43.3 Å².